The summed E-state index contributed by atoms with van der Waals surface area (Å²) in [5, 5.41) is 23.1. The van der Waals surface area contributed by atoms with E-state index in [1.807, 2.05) is 0 Å². The van der Waals surface area contributed by atoms with Crippen molar-refractivity contribution in [1.82, 2.24) is 10.2 Å². The minimum atomic E-state index is -0.300. The number of amides is 1. The molecular formula is C16H24N2O3. The van der Waals surface area contributed by atoms with E-state index in [1.165, 1.54) is 18.2 Å². The molecule has 2 unspecified atom stereocenters. The molecule has 0 bridgehead atoms. The first-order chi connectivity index (χ1) is 10.0. The first-order valence-corrected chi connectivity index (χ1v) is 7.58. The van der Waals surface area contributed by atoms with Crippen molar-refractivity contribution in [2.75, 3.05) is 19.6 Å². The van der Waals surface area contributed by atoms with Gasteiger partial charge in [-0.05, 0) is 37.4 Å². The van der Waals surface area contributed by atoms with Gasteiger partial charge in [0.25, 0.3) is 5.91 Å². The molecule has 1 saturated heterocycles. The Balaban J connectivity index is 2.05. The summed E-state index contributed by atoms with van der Waals surface area (Å²) in [7, 11) is 0. The molecule has 1 heterocycles. The van der Waals surface area contributed by atoms with Gasteiger partial charge in [0, 0.05) is 19.1 Å². The quantitative estimate of drug-likeness (QED) is 0.793. The van der Waals surface area contributed by atoms with Gasteiger partial charge in [-0.2, -0.15) is 0 Å². The smallest absolute Gasteiger partial charge is 0.261 e. The van der Waals surface area contributed by atoms with Crippen LogP contribution in [-0.2, 0) is 0 Å². The Labute approximate surface area is 125 Å². The Morgan fingerprint density at radius 1 is 1.38 bits per heavy atom. The molecule has 0 saturated carbocycles. The fraction of sp³-hybridized carbons (Fsp3) is 0.562. The summed E-state index contributed by atoms with van der Waals surface area (Å²) in [6, 6.07) is 4.79. The highest BCUT2D eigenvalue weighted by molar-refractivity contribution is 5.99. The van der Waals surface area contributed by atoms with Crippen LogP contribution in [0.25, 0.3) is 0 Å². The van der Waals surface area contributed by atoms with Gasteiger partial charge in [-0.15, -0.1) is 0 Å². The maximum atomic E-state index is 12.5. The largest absolute Gasteiger partial charge is 0.507 e. The fourth-order valence-electron chi connectivity index (χ4n) is 2.87. The molecule has 1 aliphatic rings. The van der Waals surface area contributed by atoms with Gasteiger partial charge in [-0.3, -0.25) is 4.79 Å². The van der Waals surface area contributed by atoms with Crippen LogP contribution in [0.15, 0.2) is 18.2 Å². The molecule has 5 nitrogen and oxygen atoms in total. The lowest BCUT2D eigenvalue weighted by atomic mass is 9.93. The minimum Gasteiger partial charge on any atom is -0.507 e. The van der Waals surface area contributed by atoms with Crippen molar-refractivity contribution in [1.29, 1.82) is 0 Å². The predicted molar refractivity (Wildman–Crippen MR) is 81.5 cm³/mol. The van der Waals surface area contributed by atoms with Crippen molar-refractivity contribution in [3.05, 3.63) is 23.8 Å². The Morgan fingerprint density at radius 2 is 2.05 bits per heavy atom. The molecule has 0 spiro atoms. The third kappa shape index (κ3) is 3.47. The molecule has 116 valence electrons. The van der Waals surface area contributed by atoms with Crippen LogP contribution >= 0.6 is 0 Å². The molecule has 1 amide bonds. The van der Waals surface area contributed by atoms with Crippen LogP contribution in [-0.4, -0.2) is 46.7 Å². The van der Waals surface area contributed by atoms with E-state index in [4.69, 9.17) is 0 Å². The van der Waals surface area contributed by atoms with Gasteiger partial charge in [0.2, 0.25) is 0 Å². The highest BCUT2D eigenvalue weighted by Crippen LogP contribution is 2.29. The molecule has 0 radical (unpaired) electrons. The van der Waals surface area contributed by atoms with Crippen LogP contribution in [0.2, 0.25) is 0 Å². The minimum absolute atomic E-state index is 0.00432. The van der Waals surface area contributed by atoms with Crippen molar-refractivity contribution < 1.29 is 15.0 Å². The molecular weight excluding hydrogens is 268 g/mol. The summed E-state index contributed by atoms with van der Waals surface area (Å²) < 4.78 is 0. The number of phenols is 2. The Morgan fingerprint density at radius 3 is 2.62 bits per heavy atom. The van der Waals surface area contributed by atoms with Gasteiger partial charge >= 0.3 is 0 Å². The molecule has 2 rings (SSSR count). The van der Waals surface area contributed by atoms with Gasteiger partial charge in [0.15, 0.2) is 0 Å². The van der Waals surface area contributed by atoms with E-state index in [-0.39, 0.29) is 23.0 Å². The molecule has 3 N–H and O–H groups in total. The topological polar surface area (TPSA) is 72.8 Å². The number of hydrogen-bond acceptors (Lipinski definition) is 4. The van der Waals surface area contributed by atoms with E-state index >= 15 is 0 Å². The molecule has 1 aromatic carbocycles. The maximum absolute atomic E-state index is 12.5. The fourth-order valence-corrected chi connectivity index (χ4v) is 2.87. The van der Waals surface area contributed by atoms with Gasteiger partial charge in [0.05, 0.1) is 0 Å². The van der Waals surface area contributed by atoms with E-state index in [0.29, 0.717) is 25.0 Å². The highest BCUT2D eigenvalue weighted by atomic mass is 16.3. The summed E-state index contributed by atoms with van der Waals surface area (Å²) in [5.41, 5.74) is 0.00432. The maximum Gasteiger partial charge on any atom is 0.261 e. The molecule has 1 fully saturated rings. The summed E-state index contributed by atoms with van der Waals surface area (Å²) in [6.45, 7) is 6.52. The van der Waals surface area contributed by atoms with Crippen LogP contribution in [0, 0.1) is 5.92 Å². The number of likely N-dealkylation sites (tertiary alicyclic amines) is 1. The average Bonchev–Trinajstić information content (AvgIpc) is 2.45. The number of carbonyl (C=O) groups is 1. The van der Waals surface area contributed by atoms with Crippen molar-refractivity contribution >= 4 is 5.91 Å². The summed E-state index contributed by atoms with van der Waals surface area (Å²) >= 11 is 0. The van der Waals surface area contributed by atoms with Crippen molar-refractivity contribution in [2.45, 2.75) is 32.7 Å². The van der Waals surface area contributed by atoms with Crippen molar-refractivity contribution in [3.8, 4) is 11.5 Å². The Bertz CT molecular complexity index is 484. The van der Waals surface area contributed by atoms with E-state index in [1.54, 1.807) is 4.90 Å². The monoisotopic (exact) mass is 292 g/mol. The third-order valence-corrected chi connectivity index (χ3v) is 4.08. The lowest BCUT2D eigenvalue weighted by Crippen LogP contribution is -2.50. The lowest BCUT2D eigenvalue weighted by Gasteiger charge is -2.37. The molecule has 5 heteroatoms. The standard InChI is InChI=1S/C16H24N2O3/c1-3-8-17-12-7-9-18(10-11(12)2)16(21)15-13(19)5-4-6-14(15)20/h4-6,11-12,17,19-20H,3,7-10H2,1-2H3. The van der Waals surface area contributed by atoms with Gasteiger partial charge in [-0.25, -0.2) is 0 Å². The van der Waals surface area contributed by atoms with E-state index < -0.39 is 0 Å². The molecule has 0 aliphatic carbocycles. The zero-order chi connectivity index (χ0) is 15.4. The highest BCUT2D eigenvalue weighted by Gasteiger charge is 2.30. The second-order valence-electron chi connectivity index (χ2n) is 5.75. The number of aromatic hydroxyl groups is 2. The summed E-state index contributed by atoms with van der Waals surface area (Å²) in [6.07, 6.45) is 1.99. The SMILES string of the molecule is CCCNC1CCN(C(=O)c2c(O)cccc2O)CC1C. The first kappa shape index (κ1) is 15.6. The predicted octanol–water partition coefficient (Wildman–Crippen LogP) is 1.95. The Kier molecular flexibility index (Phi) is 5.07. The molecule has 1 aromatic rings. The van der Waals surface area contributed by atoms with Crippen molar-refractivity contribution in [3.63, 3.8) is 0 Å². The number of carbonyl (C=O) groups excluding carboxylic acids is 1. The number of benzene rings is 1. The number of phenolic OH excluding ortho intramolecular Hbond substituents is 2. The Hall–Kier alpha value is -1.75. The average molecular weight is 292 g/mol. The third-order valence-electron chi connectivity index (χ3n) is 4.08. The number of piperidine rings is 1. The molecule has 21 heavy (non-hydrogen) atoms. The molecule has 1 aliphatic heterocycles. The number of rotatable bonds is 4. The van der Waals surface area contributed by atoms with Crippen LogP contribution < -0.4 is 5.32 Å². The first-order valence-electron chi connectivity index (χ1n) is 7.58. The van der Waals surface area contributed by atoms with E-state index in [0.717, 1.165) is 19.4 Å². The van der Waals surface area contributed by atoms with Crippen LogP contribution in [0.5, 0.6) is 11.5 Å². The molecule has 0 aromatic heterocycles. The van der Waals surface area contributed by atoms with Crippen LogP contribution in [0.1, 0.15) is 37.0 Å². The summed E-state index contributed by atoms with van der Waals surface area (Å²) in [5.74, 6) is -0.286. The summed E-state index contributed by atoms with van der Waals surface area (Å²) in [4.78, 5) is 14.2. The lowest BCUT2D eigenvalue weighted by molar-refractivity contribution is 0.0639. The van der Waals surface area contributed by atoms with Gasteiger partial charge in [0.1, 0.15) is 17.1 Å². The van der Waals surface area contributed by atoms with Crippen molar-refractivity contribution in [2.24, 2.45) is 5.92 Å². The van der Waals surface area contributed by atoms with Gasteiger partial charge < -0.3 is 20.4 Å². The zero-order valence-electron chi connectivity index (χ0n) is 12.7. The molecule has 2 atom stereocenters. The van der Waals surface area contributed by atoms with Gasteiger partial charge in [-0.1, -0.05) is 19.9 Å². The van der Waals surface area contributed by atoms with E-state index in [2.05, 4.69) is 19.2 Å². The van der Waals surface area contributed by atoms with Crippen LogP contribution in [0.3, 0.4) is 0 Å². The number of nitrogens with zero attached hydrogens (tertiary/aromatic N) is 1. The number of nitrogens with one attached hydrogen (secondary N) is 1. The van der Waals surface area contributed by atoms with Crippen LogP contribution in [0.4, 0.5) is 0 Å². The second-order valence-corrected chi connectivity index (χ2v) is 5.75. The normalized spacial score (nSPS) is 22.3. The number of hydrogen-bond donors (Lipinski definition) is 3. The second kappa shape index (κ2) is 6.80. The van der Waals surface area contributed by atoms with E-state index in [9.17, 15) is 15.0 Å². The zero-order valence-corrected chi connectivity index (χ0v) is 12.7.